The van der Waals surface area contributed by atoms with Gasteiger partial charge in [0, 0.05) is 0 Å². The summed E-state index contributed by atoms with van der Waals surface area (Å²) in [6.45, 7) is 0. The third kappa shape index (κ3) is 2.50. The van der Waals surface area contributed by atoms with Gasteiger partial charge in [-0.2, -0.15) is 5.26 Å². The lowest BCUT2D eigenvalue weighted by Crippen LogP contribution is -2.23. The van der Waals surface area contributed by atoms with Crippen LogP contribution in [0.1, 0.15) is 16.2 Å². The number of alkyl halides is 2. The van der Waals surface area contributed by atoms with E-state index in [0.29, 0.717) is 5.82 Å². The van der Waals surface area contributed by atoms with Gasteiger partial charge in [0.2, 0.25) is 0 Å². The molecule has 0 aliphatic rings. The first-order valence-electron chi connectivity index (χ1n) is 6.39. The highest BCUT2D eigenvalue weighted by molar-refractivity contribution is 9.12. The molecular formula is C16H11Br2N3. The molecule has 0 saturated carbocycles. The number of para-hydroxylation sites is 2. The van der Waals surface area contributed by atoms with Gasteiger partial charge in [-0.1, -0.05) is 74.3 Å². The summed E-state index contributed by atoms with van der Waals surface area (Å²) in [7, 11) is 0. The van der Waals surface area contributed by atoms with E-state index in [-0.39, 0.29) is 4.83 Å². The van der Waals surface area contributed by atoms with E-state index < -0.39 is 4.32 Å². The highest BCUT2D eigenvalue weighted by Crippen LogP contribution is 2.47. The molecule has 104 valence electrons. The number of benzene rings is 2. The first-order chi connectivity index (χ1) is 10.1. The van der Waals surface area contributed by atoms with Crippen molar-refractivity contribution in [2.45, 2.75) is 9.15 Å². The van der Waals surface area contributed by atoms with Crippen LogP contribution in [0.2, 0.25) is 0 Å². The number of nitrogens with one attached hydrogen (secondary N) is 1. The van der Waals surface area contributed by atoms with Gasteiger partial charge in [0.1, 0.15) is 5.82 Å². The van der Waals surface area contributed by atoms with Crippen molar-refractivity contribution in [2.24, 2.45) is 0 Å². The third-order valence-corrected chi connectivity index (χ3v) is 6.18. The van der Waals surface area contributed by atoms with E-state index >= 15 is 0 Å². The molecule has 2 atom stereocenters. The zero-order valence-electron chi connectivity index (χ0n) is 10.9. The predicted molar refractivity (Wildman–Crippen MR) is 90.4 cm³/mol. The lowest BCUT2D eigenvalue weighted by molar-refractivity contribution is 0.738. The van der Waals surface area contributed by atoms with Crippen molar-refractivity contribution >= 4 is 42.9 Å². The van der Waals surface area contributed by atoms with Gasteiger partial charge in [0.15, 0.2) is 4.32 Å². The molecule has 2 aromatic carbocycles. The SMILES string of the molecule is N#C[C@](Br)(c1nc2ccccc2[nH]1)[C@@H](Br)c1ccccc1. The number of halogens is 2. The summed E-state index contributed by atoms with van der Waals surface area (Å²) < 4.78 is -0.965. The first kappa shape index (κ1) is 14.3. The zero-order valence-corrected chi connectivity index (χ0v) is 14.1. The molecule has 5 heteroatoms. The molecule has 0 aliphatic heterocycles. The Labute approximate surface area is 139 Å². The maximum absolute atomic E-state index is 9.71. The van der Waals surface area contributed by atoms with E-state index in [1.165, 1.54) is 0 Å². The van der Waals surface area contributed by atoms with Crippen molar-refractivity contribution in [3.05, 3.63) is 66.0 Å². The molecule has 0 aliphatic carbocycles. The molecule has 0 bridgehead atoms. The Morgan fingerprint density at radius 3 is 2.43 bits per heavy atom. The topological polar surface area (TPSA) is 52.5 Å². The van der Waals surface area contributed by atoms with Crippen LogP contribution in [0.3, 0.4) is 0 Å². The zero-order chi connectivity index (χ0) is 14.9. The normalized spacial score (nSPS) is 15.3. The Bertz CT molecular complexity index is 774. The van der Waals surface area contributed by atoms with Crippen molar-refractivity contribution in [1.29, 1.82) is 5.26 Å². The maximum atomic E-state index is 9.71. The van der Waals surface area contributed by atoms with Crippen LogP contribution < -0.4 is 0 Å². The summed E-state index contributed by atoms with van der Waals surface area (Å²) in [5.41, 5.74) is 2.77. The second kappa shape index (κ2) is 5.63. The molecule has 0 amide bonds. The van der Waals surface area contributed by atoms with Crippen LogP contribution in [0, 0.1) is 11.3 Å². The van der Waals surface area contributed by atoms with E-state index in [4.69, 9.17) is 0 Å². The molecule has 1 N–H and O–H groups in total. The Morgan fingerprint density at radius 2 is 1.76 bits per heavy atom. The number of nitrogens with zero attached hydrogens (tertiary/aromatic N) is 2. The van der Waals surface area contributed by atoms with Gasteiger partial charge >= 0.3 is 0 Å². The third-order valence-electron chi connectivity index (χ3n) is 3.34. The van der Waals surface area contributed by atoms with Crippen molar-refractivity contribution in [2.75, 3.05) is 0 Å². The summed E-state index contributed by atoms with van der Waals surface area (Å²) in [6.07, 6.45) is 0. The van der Waals surface area contributed by atoms with Crippen LogP contribution in [0.5, 0.6) is 0 Å². The summed E-state index contributed by atoms with van der Waals surface area (Å²) in [5.74, 6) is 0.594. The van der Waals surface area contributed by atoms with Crippen LogP contribution in [-0.4, -0.2) is 9.97 Å². The molecule has 21 heavy (non-hydrogen) atoms. The second-order valence-corrected chi connectivity index (χ2v) is 6.87. The van der Waals surface area contributed by atoms with Crippen molar-refractivity contribution in [3.8, 4) is 6.07 Å². The molecule has 0 unspecified atom stereocenters. The number of aromatic amines is 1. The van der Waals surface area contributed by atoms with E-state index in [1.807, 2.05) is 54.6 Å². The van der Waals surface area contributed by atoms with Crippen molar-refractivity contribution < 1.29 is 0 Å². The van der Waals surface area contributed by atoms with E-state index in [1.54, 1.807) is 0 Å². The Balaban J connectivity index is 2.09. The molecule has 1 aromatic heterocycles. The van der Waals surface area contributed by atoms with E-state index in [0.717, 1.165) is 16.6 Å². The van der Waals surface area contributed by atoms with Gasteiger partial charge in [-0.3, -0.25) is 0 Å². The number of rotatable bonds is 3. The fraction of sp³-hybridized carbons (Fsp3) is 0.125. The second-order valence-electron chi connectivity index (χ2n) is 4.70. The predicted octanol–water partition coefficient (Wildman–Crippen LogP) is 4.81. The number of imidazole rings is 1. The minimum atomic E-state index is -0.965. The number of hydrogen-bond acceptors (Lipinski definition) is 2. The largest absolute Gasteiger partial charge is 0.340 e. The van der Waals surface area contributed by atoms with Crippen LogP contribution >= 0.6 is 31.9 Å². The summed E-state index contributed by atoms with van der Waals surface area (Å²) in [5, 5.41) is 9.71. The molecule has 3 rings (SSSR count). The standard InChI is InChI=1S/C16H11Br2N3/c17-14(11-6-2-1-3-7-11)16(18,10-19)15-20-12-8-4-5-9-13(12)21-15/h1-9,14H,(H,20,21)/t14-,16+/m0/s1. The van der Waals surface area contributed by atoms with Crippen LogP contribution in [0.15, 0.2) is 54.6 Å². The number of fused-ring (bicyclic) bond motifs is 1. The summed E-state index contributed by atoms with van der Waals surface area (Å²) >= 11 is 7.20. The number of nitriles is 1. The average Bonchev–Trinajstić information content (AvgIpc) is 2.98. The molecule has 0 spiro atoms. The van der Waals surface area contributed by atoms with Gasteiger partial charge in [-0.15, -0.1) is 0 Å². The number of aromatic nitrogens is 2. The molecule has 3 aromatic rings. The first-order valence-corrected chi connectivity index (χ1v) is 8.10. The minimum absolute atomic E-state index is 0.225. The van der Waals surface area contributed by atoms with Crippen LogP contribution in [0.4, 0.5) is 0 Å². The minimum Gasteiger partial charge on any atom is -0.340 e. The molecule has 0 fully saturated rings. The van der Waals surface area contributed by atoms with Crippen LogP contribution in [-0.2, 0) is 4.32 Å². The highest BCUT2D eigenvalue weighted by atomic mass is 79.9. The number of H-pyrrole nitrogens is 1. The lowest BCUT2D eigenvalue weighted by atomic mass is 9.99. The Kier molecular flexibility index (Phi) is 3.83. The fourth-order valence-corrected chi connectivity index (χ4v) is 3.28. The molecule has 0 saturated heterocycles. The smallest absolute Gasteiger partial charge is 0.185 e. The van der Waals surface area contributed by atoms with Crippen molar-refractivity contribution in [1.82, 2.24) is 9.97 Å². The Morgan fingerprint density at radius 1 is 1.10 bits per heavy atom. The molecule has 1 heterocycles. The lowest BCUT2D eigenvalue weighted by Gasteiger charge is -2.23. The molecule has 0 radical (unpaired) electrons. The molecule has 3 nitrogen and oxygen atoms in total. The van der Waals surface area contributed by atoms with Gasteiger partial charge in [0.05, 0.1) is 21.9 Å². The average molecular weight is 405 g/mol. The van der Waals surface area contributed by atoms with Gasteiger partial charge in [-0.25, -0.2) is 4.98 Å². The van der Waals surface area contributed by atoms with Gasteiger partial charge in [0.25, 0.3) is 0 Å². The van der Waals surface area contributed by atoms with Gasteiger partial charge < -0.3 is 4.98 Å². The van der Waals surface area contributed by atoms with Crippen molar-refractivity contribution in [3.63, 3.8) is 0 Å². The quantitative estimate of drug-likeness (QED) is 0.636. The van der Waals surface area contributed by atoms with E-state index in [2.05, 4.69) is 47.9 Å². The van der Waals surface area contributed by atoms with Gasteiger partial charge in [-0.05, 0) is 17.7 Å². The molecular weight excluding hydrogens is 394 g/mol. The highest BCUT2D eigenvalue weighted by Gasteiger charge is 2.41. The summed E-state index contributed by atoms with van der Waals surface area (Å²) in [6, 6.07) is 19.9. The number of hydrogen-bond donors (Lipinski definition) is 1. The maximum Gasteiger partial charge on any atom is 0.185 e. The van der Waals surface area contributed by atoms with E-state index in [9.17, 15) is 5.26 Å². The summed E-state index contributed by atoms with van der Waals surface area (Å²) in [4.78, 5) is 7.55. The van der Waals surface area contributed by atoms with Crippen LogP contribution in [0.25, 0.3) is 11.0 Å². The fourth-order valence-electron chi connectivity index (χ4n) is 2.21. The monoisotopic (exact) mass is 403 g/mol. The Hall–Kier alpha value is -1.64.